The molecule has 0 saturated heterocycles. The third-order valence-corrected chi connectivity index (χ3v) is 5.60. The van der Waals surface area contributed by atoms with Crippen LogP contribution in [0.2, 0.25) is 5.02 Å². The SMILES string of the molecule is OC1C(c2cccc(Oc3ccccc3)c2)=[C]([Sn])Nc2cc(Cl)ccc21. The van der Waals surface area contributed by atoms with Gasteiger partial charge in [0.05, 0.1) is 0 Å². The van der Waals surface area contributed by atoms with E-state index in [4.69, 9.17) is 16.3 Å². The van der Waals surface area contributed by atoms with Crippen LogP contribution in [0.1, 0.15) is 17.2 Å². The summed E-state index contributed by atoms with van der Waals surface area (Å²) in [6.45, 7) is 0. The molecule has 4 rings (SSSR count). The number of anilines is 1. The number of benzene rings is 3. The summed E-state index contributed by atoms with van der Waals surface area (Å²) in [5, 5.41) is 15.0. The molecule has 5 heteroatoms. The van der Waals surface area contributed by atoms with Gasteiger partial charge < -0.3 is 0 Å². The van der Waals surface area contributed by atoms with Crippen molar-refractivity contribution in [2.75, 3.05) is 5.32 Å². The van der Waals surface area contributed by atoms with Crippen molar-refractivity contribution in [3.8, 4) is 11.5 Å². The normalized spacial score (nSPS) is 16.0. The molecule has 0 saturated carbocycles. The summed E-state index contributed by atoms with van der Waals surface area (Å²) >= 11 is 7.26. The molecular formula is C21H15ClNO2Sn. The molecule has 3 aromatic rings. The van der Waals surface area contributed by atoms with E-state index in [0.29, 0.717) is 5.02 Å². The number of hydrogen-bond acceptors (Lipinski definition) is 3. The Kier molecular flexibility index (Phi) is 4.94. The van der Waals surface area contributed by atoms with Crippen molar-refractivity contribution in [2.45, 2.75) is 6.10 Å². The van der Waals surface area contributed by atoms with Crippen molar-refractivity contribution in [1.82, 2.24) is 0 Å². The molecule has 1 atom stereocenters. The summed E-state index contributed by atoms with van der Waals surface area (Å²) in [6, 6.07) is 23.0. The Morgan fingerprint density at radius 2 is 1.69 bits per heavy atom. The summed E-state index contributed by atoms with van der Waals surface area (Å²) in [5.74, 6) is 1.52. The summed E-state index contributed by atoms with van der Waals surface area (Å²) < 4.78 is 6.91. The zero-order valence-electron chi connectivity index (χ0n) is 13.7. The van der Waals surface area contributed by atoms with Gasteiger partial charge in [0.2, 0.25) is 0 Å². The number of rotatable bonds is 3. The molecule has 1 aliphatic rings. The molecule has 0 aromatic heterocycles. The van der Waals surface area contributed by atoms with E-state index in [2.05, 4.69) is 5.32 Å². The first-order valence-electron chi connectivity index (χ1n) is 8.15. The molecule has 1 aliphatic heterocycles. The minimum absolute atomic E-state index is 0.647. The van der Waals surface area contributed by atoms with Crippen LogP contribution in [0.25, 0.3) is 5.57 Å². The third-order valence-electron chi connectivity index (χ3n) is 4.24. The van der Waals surface area contributed by atoms with Gasteiger partial charge in [-0.1, -0.05) is 0 Å². The van der Waals surface area contributed by atoms with Crippen LogP contribution in [0.4, 0.5) is 5.69 Å². The molecule has 1 unspecified atom stereocenters. The fourth-order valence-electron chi connectivity index (χ4n) is 3.02. The topological polar surface area (TPSA) is 41.5 Å². The molecule has 2 N–H and O–H groups in total. The van der Waals surface area contributed by atoms with Crippen LogP contribution in [0.3, 0.4) is 0 Å². The maximum atomic E-state index is 10.9. The molecule has 3 radical (unpaired) electrons. The number of fused-ring (bicyclic) bond motifs is 1. The van der Waals surface area contributed by atoms with E-state index in [1.165, 1.54) is 22.5 Å². The van der Waals surface area contributed by atoms with E-state index in [1.807, 2.05) is 66.7 Å². The molecule has 3 aromatic carbocycles. The van der Waals surface area contributed by atoms with Crippen LogP contribution in [0.15, 0.2) is 76.5 Å². The number of para-hydroxylation sites is 1. The second-order valence-electron chi connectivity index (χ2n) is 5.99. The number of aliphatic hydroxyl groups is 1. The predicted molar refractivity (Wildman–Crippen MR) is 106 cm³/mol. The zero-order valence-corrected chi connectivity index (χ0v) is 17.3. The summed E-state index contributed by atoms with van der Waals surface area (Å²) in [4.78, 5) is 0. The first-order valence-corrected chi connectivity index (χ1v) is 9.96. The van der Waals surface area contributed by atoms with Crippen molar-refractivity contribution >= 4 is 45.4 Å². The van der Waals surface area contributed by atoms with Gasteiger partial charge in [-0.05, 0) is 0 Å². The van der Waals surface area contributed by atoms with Crippen molar-refractivity contribution < 1.29 is 9.84 Å². The van der Waals surface area contributed by atoms with Gasteiger partial charge in [-0.25, -0.2) is 0 Å². The number of hydrogen-bond donors (Lipinski definition) is 2. The van der Waals surface area contributed by atoms with Crippen LogP contribution in [-0.2, 0) is 0 Å². The van der Waals surface area contributed by atoms with Crippen molar-refractivity contribution in [1.29, 1.82) is 0 Å². The number of ether oxygens (including phenoxy) is 1. The molecule has 3 nitrogen and oxygen atoms in total. The van der Waals surface area contributed by atoms with Gasteiger partial charge in [0.1, 0.15) is 0 Å². The first-order chi connectivity index (χ1) is 12.6. The molecule has 0 bridgehead atoms. The fraction of sp³-hybridized carbons (Fsp3) is 0.0476. The average Bonchev–Trinajstić information content (AvgIpc) is 2.62. The van der Waals surface area contributed by atoms with Crippen LogP contribution < -0.4 is 10.1 Å². The van der Waals surface area contributed by atoms with E-state index < -0.39 is 6.10 Å². The van der Waals surface area contributed by atoms with E-state index in [-0.39, 0.29) is 0 Å². The predicted octanol–water partition coefficient (Wildman–Crippen LogP) is 5.13. The third kappa shape index (κ3) is 3.47. The van der Waals surface area contributed by atoms with Crippen molar-refractivity contribution in [3.05, 3.63) is 92.7 Å². The summed E-state index contributed by atoms with van der Waals surface area (Å²) in [5.41, 5.74) is 3.49. The monoisotopic (exact) mass is 468 g/mol. The Morgan fingerprint density at radius 3 is 2.50 bits per heavy atom. The van der Waals surface area contributed by atoms with Gasteiger partial charge >= 0.3 is 171 Å². The first kappa shape index (κ1) is 17.5. The minimum atomic E-state index is -0.704. The zero-order chi connectivity index (χ0) is 18.1. The second-order valence-corrected chi connectivity index (χ2v) is 7.85. The number of halogens is 1. The van der Waals surface area contributed by atoms with Gasteiger partial charge in [-0.15, -0.1) is 0 Å². The van der Waals surface area contributed by atoms with Gasteiger partial charge in [0, 0.05) is 0 Å². The van der Waals surface area contributed by atoms with E-state index in [1.54, 1.807) is 6.07 Å². The van der Waals surface area contributed by atoms with E-state index >= 15 is 0 Å². The maximum absolute atomic E-state index is 10.9. The van der Waals surface area contributed by atoms with E-state index in [9.17, 15) is 5.11 Å². The molecule has 0 aliphatic carbocycles. The van der Waals surface area contributed by atoms with Crippen LogP contribution in [-0.4, -0.2) is 27.6 Å². The van der Waals surface area contributed by atoms with Crippen molar-refractivity contribution in [3.63, 3.8) is 0 Å². The quantitative estimate of drug-likeness (QED) is 0.525. The Balaban J connectivity index is 1.69. The molecule has 0 spiro atoms. The molecule has 1 heterocycles. The molecule has 0 fully saturated rings. The van der Waals surface area contributed by atoms with Crippen LogP contribution in [0.5, 0.6) is 11.5 Å². The van der Waals surface area contributed by atoms with Crippen molar-refractivity contribution in [2.24, 2.45) is 0 Å². The Hall–Kier alpha value is -1.95. The molecular weight excluding hydrogens is 452 g/mol. The number of nitrogens with one attached hydrogen (secondary N) is 1. The second kappa shape index (κ2) is 7.35. The Bertz CT molecular complexity index is 988. The van der Waals surface area contributed by atoms with Gasteiger partial charge in [-0.3, -0.25) is 0 Å². The Morgan fingerprint density at radius 1 is 0.923 bits per heavy atom. The standard InChI is InChI=1S/C21H15ClNO2.Sn/c22-15-9-10-18-20(12-15)23-13-19(21(18)24)14-5-4-8-17(11-14)25-16-6-2-1-3-7-16;/h1-12,21,23-24H;. The number of aliphatic hydroxyl groups excluding tert-OH is 1. The van der Waals surface area contributed by atoms with Crippen LogP contribution >= 0.6 is 11.6 Å². The molecule has 0 amide bonds. The summed E-state index contributed by atoms with van der Waals surface area (Å²) in [6.07, 6.45) is -0.704. The molecule has 26 heavy (non-hydrogen) atoms. The Labute approximate surface area is 170 Å². The fourth-order valence-corrected chi connectivity index (χ4v) is 4.38. The summed E-state index contributed by atoms with van der Waals surface area (Å²) in [7, 11) is 0. The molecule has 127 valence electrons. The average molecular weight is 468 g/mol. The van der Waals surface area contributed by atoms with Gasteiger partial charge in [-0.2, -0.15) is 0 Å². The van der Waals surface area contributed by atoms with Gasteiger partial charge in [0.15, 0.2) is 0 Å². The van der Waals surface area contributed by atoms with E-state index in [0.717, 1.165) is 37.6 Å². The van der Waals surface area contributed by atoms with Gasteiger partial charge in [0.25, 0.3) is 0 Å². The van der Waals surface area contributed by atoms with Crippen LogP contribution in [0, 0.1) is 0 Å².